The number of thiazole rings is 1. The van der Waals surface area contributed by atoms with E-state index in [0.717, 1.165) is 0 Å². The SMILES string of the molecule is COc1cc([N+](=O)[O-])c(OC)cc1-c1nc2sccn2c1/C=N/N=C(N)N.Cl. The second-order valence-corrected chi connectivity index (χ2v) is 6.03. The number of fused-ring (bicyclic) bond motifs is 1. The molecule has 3 rings (SSSR count). The molecule has 0 spiro atoms. The summed E-state index contributed by atoms with van der Waals surface area (Å²) in [4.78, 5) is 16.0. The van der Waals surface area contributed by atoms with Crippen LogP contribution in [-0.2, 0) is 0 Å². The largest absolute Gasteiger partial charge is 0.496 e. The van der Waals surface area contributed by atoms with Gasteiger partial charge in [-0.25, -0.2) is 4.98 Å². The maximum Gasteiger partial charge on any atom is 0.314 e. The van der Waals surface area contributed by atoms with E-state index < -0.39 is 4.92 Å². The fourth-order valence-corrected chi connectivity index (χ4v) is 3.21. The van der Waals surface area contributed by atoms with Gasteiger partial charge in [-0.15, -0.1) is 28.8 Å². The number of nitrogens with zero attached hydrogens (tertiary/aromatic N) is 5. The standard InChI is InChI=1S/C15H15N7O4S.ClH/c1-25-11-6-9(22(23)24)12(26-2)5-8(11)13-10(7-18-20-14(16)17)21-3-4-27-15(21)19-13;/h3-7H,1-2H3,(H4,16,17,20);1H/b18-7+;. The van der Waals surface area contributed by atoms with Crippen LogP contribution in [0.25, 0.3) is 16.2 Å². The molecule has 2 heterocycles. The number of nitrogens with two attached hydrogens (primary N) is 2. The van der Waals surface area contributed by atoms with E-state index in [9.17, 15) is 10.1 Å². The number of nitro groups is 1. The molecule has 13 heteroatoms. The van der Waals surface area contributed by atoms with E-state index >= 15 is 0 Å². The van der Waals surface area contributed by atoms with Gasteiger partial charge in [0.15, 0.2) is 10.7 Å². The quantitative estimate of drug-likeness (QED) is 0.264. The number of nitro benzene ring substituents is 1. The lowest BCUT2D eigenvalue weighted by molar-refractivity contribution is -0.385. The topological polar surface area (TPSA) is 156 Å². The molecule has 0 aliphatic carbocycles. The molecule has 4 N–H and O–H groups in total. The van der Waals surface area contributed by atoms with Gasteiger partial charge < -0.3 is 20.9 Å². The minimum Gasteiger partial charge on any atom is -0.496 e. The monoisotopic (exact) mass is 425 g/mol. The molecule has 0 saturated carbocycles. The predicted octanol–water partition coefficient (Wildman–Crippen LogP) is 2.02. The second kappa shape index (κ2) is 8.54. The van der Waals surface area contributed by atoms with Crippen molar-refractivity contribution in [1.29, 1.82) is 0 Å². The Labute approximate surface area is 168 Å². The zero-order chi connectivity index (χ0) is 19.6. The van der Waals surface area contributed by atoms with Gasteiger partial charge in [0.1, 0.15) is 11.4 Å². The van der Waals surface area contributed by atoms with Crippen molar-refractivity contribution in [2.75, 3.05) is 14.2 Å². The lowest BCUT2D eigenvalue weighted by Crippen LogP contribution is -2.21. The van der Waals surface area contributed by atoms with E-state index in [1.54, 1.807) is 4.40 Å². The van der Waals surface area contributed by atoms with Gasteiger partial charge in [-0.2, -0.15) is 5.10 Å². The fraction of sp³-hybridized carbons (Fsp3) is 0.133. The molecule has 0 fully saturated rings. The number of ether oxygens (including phenoxy) is 2. The molecule has 11 nitrogen and oxygen atoms in total. The third kappa shape index (κ3) is 3.82. The number of aromatic nitrogens is 2. The molecule has 1 aromatic carbocycles. The van der Waals surface area contributed by atoms with Gasteiger partial charge in [-0.3, -0.25) is 14.5 Å². The molecule has 2 aromatic heterocycles. The second-order valence-electron chi connectivity index (χ2n) is 5.15. The number of methoxy groups -OCH3 is 2. The minimum atomic E-state index is -0.544. The van der Waals surface area contributed by atoms with Gasteiger partial charge in [0.25, 0.3) is 0 Å². The molecule has 148 valence electrons. The first-order valence-corrected chi connectivity index (χ1v) is 8.32. The Morgan fingerprint density at radius 1 is 1.32 bits per heavy atom. The highest BCUT2D eigenvalue weighted by Gasteiger charge is 2.24. The Bertz CT molecular complexity index is 1070. The first-order valence-electron chi connectivity index (χ1n) is 7.44. The Hall–Kier alpha value is -3.38. The highest BCUT2D eigenvalue weighted by molar-refractivity contribution is 7.15. The van der Waals surface area contributed by atoms with Crippen LogP contribution in [0.1, 0.15) is 5.69 Å². The highest BCUT2D eigenvalue weighted by Crippen LogP contribution is 2.40. The van der Waals surface area contributed by atoms with Crippen LogP contribution >= 0.6 is 23.7 Å². The Balaban J connectivity index is 0.00000280. The lowest BCUT2D eigenvalue weighted by atomic mass is 10.1. The van der Waals surface area contributed by atoms with Gasteiger partial charge in [0.05, 0.1) is 37.1 Å². The zero-order valence-corrected chi connectivity index (χ0v) is 16.4. The van der Waals surface area contributed by atoms with E-state index in [4.69, 9.17) is 20.9 Å². The average molecular weight is 426 g/mol. The van der Waals surface area contributed by atoms with Crippen molar-refractivity contribution in [2.24, 2.45) is 21.7 Å². The maximum absolute atomic E-state index is 11.3. The third-order valence-electron chi connectivity index (χ3n) is 3.61. The molecule has 0 atom stereocenters. The maximum atomic E-state index is 11.3. The summed E-state index contributed by atoms with van der Waals surface area (Å²) in [5, 5.41) is 20.6. The summed E-state index contributed by atoms with van der Waals surface area (Å²) in [6.07, 6.45) is 3.25. The molecule has 0 radical (unpaired) electrons. The Kier molecular flexibility index (Phi) is 6.38. The predicted molar refractivity (Wildman–Crippen MR) is 109 cm³/mol. The summed E-state index contributed by atoms with van der Waals surface area (Å²) in [5.74, 6) is 0.164. The third-order valence-corrected chi connectivity index (χ3v) is 4.36. The number of imidazole rings is 1. The molecular formula is C15H16ClN7O4S. The van der Waals surface area contributed by atoms with E-state index in [0.29, 0.717) is 21.9 Å². The van der Waals surface area contributed by atoms with Crippen molar-refractivity contribution in [1.82, 2.24) is 9.38 Å². The van der Waals surface area contributed by atoms with E-state index in [2.05, 4.69) is 15.2 Å². The van der Waals surface area contributed by atoms with Crippen LogP contribution in [0.15, 0.2) is 33.9 Å². The number of guanidine groups is 1. The summed E-state index contributed by atoms with van der Waals surface area (Å²) in [5.41, 5.74) is 11.9. The first-order chi connectivity index (χ1) is 13.0. The van der Waals surface area contributed by atoms with E-state index in [-0.39, 0.29) is 35.6 Å². The summed E-state index contributed by atoms with van der Waals surface area (Å²) in [6.45, 7) is 0. The normalized spacial score (nSPS) is 10.6. The highest BCUT2D eigenvalue weighted by atomic mass is 35.5. The van der Waals surface area contributed by atoms with Crippen molar-refractivity contribution in [3.63, 3.8) is 0 Å². The lowest BCUT2D eigenvalue weighted by Gasteiger charge is -2.10. The number of hydrogen-bond donors (Lipinski definition) is 2. The summed E-state index contributed by atoms with van der Waals surface area (Å²) in [7, 11) is 2.77. The number of rotatable bonds is 6. The number of benzene rings is 1. The molecular weight excluding hydrogens is 410 g/mol. The molecule has 0 saturated heterocycles. The zero-order valence-electron chi connectivity index (χ0n) is 14.7. The summed E-state index contributed by atoms with van der Waals surface area (Å²) >= 11 is 1.41. The first kappa shape index (κ1) is 20.9. The minimum absolute atomic E-state index is 0. The fourth-order valence-electron chi connectivity index (χ4n) is 2.48. The van der Waals surface area contributed by atoms with Crippen molar-refractivity contribution < 1.29 is 14.4 Å². The van der Waals surface area contributed by atoms with Gasteiger partial charge in [0, 0.05) is 23.2 Å². The molecule has 0 aliphatic heterocycles. The van der Waals surface area contributed by atoms with E-state index in [1.165, 1.54) is 43.9 Å². The Morgan fingerprint density at radius 3 is 2.64 bits per heavy atom. The van der Waals surface area contributed by atoms with Gasteiger partial charge in [-0.05, 0) is 0 Å². The van der Waals surface area contributed by atoms with Crippen LogP contribution < -0.4 is 20.9 Å². The Morgan fingerprint density at radius 2 is 2.04 bits per heavy atom. The van der Waals surface area contributed by atoms with Gasteiger partial charge in [0.2, 0.25) is 5.96 Å². The van der Waals surface area contributed by atoms with Crippen LogP contribution in [0.2, 0.25) is 0 Å². The number of hydrogen-bond acceptors (Lipinski definition) is 8. The van der Waals surface area contributed by atoms with Crippen molar-refractivity contribution in [3.8, 4) is 22.8 Å². The molecule has 0 amide bonds. The van der Waals surface area contributed by atoms with Gasteiger partial charge in [-0.1, -0.05) is 0 Å². The van der Waals surface area contributed by atoms with Crippen LogP contribution in [0.3, 0.4) is 0 Å². The van der Waals surface area contributed by atoms with Crippen molar-refractivity contribution >= 4 is 46.6 Å². The van der Waals surface area contributed by atoms with Crippen molar-refractivity contribution in [3.05, 3.63) is 39.5 Å². The molecule has 0 aliphatic rings. The summed E-state index contributed by atoms with van der Waals surface area (Å²) in [6, 6.07) is 2.79. The van der Waals surface area contributed by atoms with Gasteiger partial charge >= 0.3 is 5.69 Å². The van der Waals surface area contributed by atoms with Crippen LogP contribution in [0, 0.1) is 10.1 Å². The molecule has 0 unspecified atom stereocenters. The number of halogens is 1. The van der Waals surface area contributed by atoms with Crippen LogP contribution in [0.5, 0.6) is 11.5 Å². The van der Waals surface area contributed by atoms with Crippen LogP contribution in [-0.4, -0.2) is 40.7 Å². The molecule has 0 bridgehead atoms. The molecule has 28 heavy (non-hydrogen) atoms. The average Bonchev–Trinajstić information content (AvgIpc) is 3.22. The van der Waals surface area contributed by atoms with Crippen molar-refractivity contribution in [2.45, 2.75) is 0 Å². The van der Waals surface area contributed by atoms with E-state index in [1.807, 2.05) is 11.6 Å². The smallest absolute Gasteiger partial charge is 0.314 e. The van der Waals surface area contributed by atoms with Crippen LogP contribution in [0.4, 0.5) is 5.69 Å². The summed E-state index contributed by atoms with van der Waals surface area (Å²) < 4.78 is 12.3. The molecule has 3 aromatic rings.